The molecule has 3 saturated heterocycles. The normalized spacial score (nSPS) is 50.9. The van der Waals surface area contributed by atoms with E-state index in [2.05, 4.69) is 6.92 Å². The molecule has 3 aliphatic rings. The first-order valence-electron chi connectivity index (χ1n) is 15.2. The fourth-order valence-electron chi connectivity index (χ4n) is 7.33. The van der Waals surface area contributed by atoms with Gasteiger partial charge in [0, 0.05) is 24.5 Å². The second-order valence-electron chi connectivity index (χ2n) is 13.8. The number of aliphatic hydroxyl groups is 4. The molecule has 3 aliphatic heterocycles. The number of likely N-dealkylation sites (N-methyl/N-ethyl adjacent to an activating group) is 2. The molecule has 11 nitrogen and oxygen atoms in total. The molecule has 3 fully saturated rings. The van der Waals surface area contributed by atoms with Gasteiger partial charge in [0.15, 0.2) is 12.1 Å². The maximum atomic E-state index is 13.5. The van der Waals surface area contributed by atoms with Crippen LogP contribution in [-0.4, -0.2) is 130 Å². The molecule has 3 heterocycles. The topological polar surface area (TPSA) is 141 Å². The summed E-state index contributed by atoms with van der Waals surface area (Å²) in [6, 6.07) is -0.628. The standard InChI is InChI=1S/C30H56N2O9/c1-12-22-29(8,36)24(34)20(6)32(11)15-16(2)14-28(7)25(18(4)30(37,41-28)19(5)26(35)39-22)40-27-23(33)21(31(9)10)13-17(3)38-27/h16-25,27,33-34,36-37H,12-15H2,1-11H3/t16-,17-,18-,19+,20-,21+,22-,23-,24-,25-,27+,28-,29-,30?/m1/s1. The van der Waals surface area contributed by atoms with Crippen LogP contribution in [0.2, 0.25) is 0 Å². The van der Waals surface area contributed by atoms with Crippen molar-refractivity contribution in [3.8, 4) is 0 Å². The van der Waals surface area contributed by atoms with E-state index < -0.39 is 71.5 Å². The first kappa shape index (κ1) is 34.6. The highest BCUT2D eigenvalue weighted by atomic mass is 16.7. The minimum atomic E-state index is -1.96. The Hall–Kier alpha value is -0.890. The Bertz CT molecular complexity index is 905. The van der Waals surface area contributed by atoms with E-state index in [0.717, 1.165) is 0 Å². The number of carbonyl (C=O) groups excluding carboxylic acids is 1. The molecule has 0 aliphatic carbocycles. The Balaban J connectivity index is 2.03. The summed E-state index contributed by atoms with van der Waals surface area (Å²) in [6.45, 7) is 14.8. The van der Waals surface area contributed by atoms with Crippen LogP contribution >= 0.6 is 0 Å². The van der Waals surface area contributed by atoms with Gasteiger partial charge in [0.05, 0.1) is 17.8 Å². The van der Waals surface area contributed by atoms with Gasteiger partial charge in [-0.2, -0.15) is 0 Å². The molecule has 0 aromatic heterocycles. The lowest BCUT2D eigenvalue weighted by molar-refractivity contribution is -0.286. The van der Waals surface area contributed by atoms with E-state index in [1.165, 1.54) is 6.92 Å². The summed E-state index contributed by atoms with van der Waals surface area (Å²) in [5.74, 6) is -4.56. The Morgan fingerprint density at radius 3 is 2.27 bits per heavy atom. The molecule has 14 atom stereocenters. The number of hydrogen-bond acceptors (Lipinski definition) is 11. The fraction of sp³-hybridized carbons (Fsp3) is 0.967. The highest BCUT2D eigenvalue weighted by Crippen LogP contribution is 2.50. The number of carbonyl (C=O) groups is 1. The molecular formula is C30H56N2O9. The fourth-order valence-corrected chi connectivity index (χ4v) is 7.33. The number of nitrogens with zero attached hydrogens (tertiary/aromatic N) is 2. The quantitative estimate of drug-likeness (QED) is 0.354. The first-order valence-corrected chi connectivity index (χ1v) is 15.2. The van der Waals surface area contributed by atoms with Crippen molar-refractivity contribution in [1.82, 2.24) is 9.80 Å². The van der Waals surface area contributed by atoms with Crippen LogP contribution in [0.3, 0.4) is 0 Å². The average Bonchev–Trinajstić information content (AvgIpc) is 3.06. The zero-order valence-corrected chi connectivity index (χ0v) is 26.9. The first-order chi connectivity index (χ1) is 18.8. The molecule has 1 unspecified atom stereocenters. The van der Waals surface area contributed by atoms with E-state index in [4.69, 9.17) is 18.9 Å². The van der Waals surface area contributed by atoms with E-state index in [9.17, 15) is 25.2 Å². The molecule has 0 radical (unpaired) electrons. The second-order valence-corrected chi connectivity index (χ2v) is 13.8. The Kier molecular flexibility index (Phi) is 10.6. The van der Waals surface area contributed by atoms with E-state index >= 15 is 0 Å². The summed E-state index contributed by atoms with van der Waals surface area (Å²) in [6.07, 6.45) is -3.65. The van der Waals surface area contributed by atoms with Crippen molar-refractivity contribution >= 4 is 5.97 Å². The van der Waals surface area contributed by atoms with Gasteiger partial charge in [0.2, 0.25) is 0 Å². The third-order valence-electron chi connectivity index (χ3n) is 10.0. The van der Waals surface area contributed by atoms with Crippen LogP contribution < -0.4 is 0 Å². The van der Waals surface area contributed by atoms with Crippen molar-refractivity contribution < 1.29 is 44.2 Å². The van der Waals surface area contributed by atoms with Gasteiger partial charge in [-0.05, 0) is 80.9 Å². The van der Waals surface area contributed by atoms with E-state index in [0.29, 0.717) is 19.4 Å². The van der Waals surface area contributed by atoms with E-state index in [1.807, 2.05) is 51.7 Å². The Morgan fingerprint density at radius 2 is 1.71 bits per heavy atom. The van der Waals surface area contributed by atoms with Gasteiger partial charge in [-0.1, -0.05) is 20.8 Å². The van der Waals surface area contributed by atoms with Gasteiger partial charge >= 0.3 is 5.97 Å². The van der Waals surface area contributed by atoms with Crippen molar-refractivity contribution in [1.29, 1.82) is 0 Å². The molecule has 0 aromatic rings. The lowest BCUT2D eigenvalue weighted by Crippen LogP contribution is -2.59. The minimum absolute atomic E-state index is 0.00284. The van der Waals surface area contributed by atoms with Crippen molar-refractivity contribution in [2.45, 2.75) is 141 Å². The highest BCUT2D eigenvalue weighted by molar-refractivity contribution is 5.73. The molecule has 0 spiro atoms. The van der Waals surface area contributed by atoms with E-state index in [-0.39, 0.29) is 24.5 Å². The number of cyclic esters (lactones) is 1. The number of ether oxygens (including phenoxy) is 4. The molecule has 0 saturated carbocycles. The highest BCUT2D eigenvalue weighted by Gasteiger charge is 2.64. The van der Waals surface area contributed by atoms with Crippen LogP contribution in [0.4, 0.5) is 0 Å². The van der Waals surface area contributed by atoms with Crippen molar-refractivity contribution in [3.63, 3.8) is 0 Å². The number of aliphatic hydroxyl groups excluding tert-OH is 2. The molecule has 3 rings (SSSR count). The third-order valence-corrected chi connectivity index (χ3v) is 10.0. The zero-order valence-electron chi connectivity index (χ0n) is 26.9. The number of esters is 1. The summed E-state index contributed by atoms with van der Waals surface area (Å²) in [4.78, 5) is 17.5. The van der Waals surface area contributed by atoms with Crippen molar-refractivity contribution in [2.24, 2.45) is 17.8 Å². The second kappa shape index (κ2) is 12.6. The largest absolute Gasteiger partial charge is 0.459 e. The number of hydrogen-bond donors (Lipinski definition) is 4. The lowest BCUT2D eigenvalue weighted by atomic mass is 9.80. The Labute approximate surface area is 246 Å². The van der Waals surface area contributed by atoms with Crippen molar-refractivity contribution in [3.05, 3.63) is 0 Å². The SMILES string of the molecule is CC[C@H]1OC(=O)[C@H](C)C2(O)O[C@](C)(C[C@@H](C)CN(C)[C@H](C)[C@@H](O)[C@]1(C)O)[C@H](O[C@@H]1O[C@H](C)C[C@H](N(C)C)[C@H]1O)[C@H]2C. The van der Waals surface area contributed by atoms with Gasteiger partial charge in [0.1, 0.15) is 29.8 Å². The average molecular weight is 589 g/mol. The van der Waals surface area contributed by atoms with Gasteiger partial charge < -0.3 is 49.2 Å². The molecule has 4 N–H and O–H groups in total. The van der Waals surface area contributed by atoms with Crippen LogP contribution in [0.15, 0.2) is 0 Å². The summed E-state index contributed by atoms with van der Waals surface area (Å²) < 4.78 is 24.9. The molecule has 11 heteroatoms. The maximum Gasteiger partial charge on any atom is 0.314 e. The summed E-state index contributed by atoms with van der Waals surface area (Å²) >= 11 is 0. The van der Waals surface area contributed by atoms with Crippen LogP contribution in [0.1, 0.15) is 74.7 Å². The minimum Gasteiger partial charge on any atom is -0.459 e. The summed E-state index contributed by atoms with van der Waals surface area (Å²) in [7, 11) is 5.69. The van der Waals surface area contributed by atoms with Crippen molar-refractivity contribution in [2.75, 3.05) is 27.7 Å². The molecule has 240 valence electrons. The molecule has 0 aromatic carbocycles. The summed E-state index contributed by atoms with van der Waals surface area (Å²) in [5.41, 5.74) is -2.79. The van der Waals surface area contributed by atoms with E-state index in [1.54, 1.807) is 20.8 Å². The van der Waals surface area contributed by atoms with Gasteiger partial charge in [-0.15, -0.1) is 0 Å². The smallest absolute Gasteiger partial charge is 0.314 e. The molecular weight excluding hydrogens is 532 g/mol. The van der Waals surface area contributed by atoms with Gasteiger partial charge in [0.25, 0.3) is 0 Å². The maximum absolute atomic E-state index is 13.5. The Morgan fingerprint density at radius 1 is 1.10 bits per heavy atom. The number of fused-ring (bicyclic) bond motifs is 2. The van der Waals surface area contributed by atoms with Crippen LogP contribution in [0.25, 0.3) is 0 Å². The van der Waals surface area contributed by atoms with Crippen LogP contribution in [-0.2, 0) is 23.7 Å². The molecule has 2 bridgehead atoms. The molecule has 0 amide bonds. The monoisotopic (exact) mass is 588 g/mol. The lowest BCUT2D eigenvalue weighted by Gasteiger charge is -2.44. The zero-order chi connectivity index (χ0) is 31.2. The molecule has 41 heavy (non-hydrogen) atoms. The third kappa shape index (κ3) is 6.63. The van der Waals surface area contributed by atoms with Gasteiger partial charge in [-0.3, -0.25) is 4.79 Å². The summed E-state index contributed by atoms with van der Waals surface area (Å²) in [5, 5.41) is 45.8. The predicted octanol–water partition coefficient (Wildman–Crippen LogP) is 1.34. The predicted molar refractivity (Wildman–Crippen MR) is 153 cm³/mol. The van der Waals surface area contributed by atoms with Crippen LogP contribution in [0, 0.1) is 17.8 Å². The number of rotatable bonds is 4. The van der Waals surface area contributed by atoms with Crippen LogP contribution in [0.5, 0.6) is 0 Å². The van der Waals surface area contributed by atoms with Gasteiger partial charge in [-0.25, -0.2) is 0 Å².